The number of hydrogen-bond donors (Lipinski definition) is 1. The molecule has 0 spiro atoms. The number of amides is 1. The highest BCUT2D eigenvalue weighted by atomic mass is 32.2. The van der Waals surface area contributed by atoms with Crippen LogP contribution in [0.15, 0.2) is 29.2 Å². The Morgan fingerprint density at radius 3 is 2.71 bits per heavy atom. The minimum Gasteiger partial charge on any atom is -0.449 e. The van der Waals surface area contributed by atoms with E-state index in [-0.39, 0.29) is 22.7 Å². The average Bonchev–Trinajstić information content (AvgIpc) is 2.86. The molecule has 6 nitrogen and oxygen atoms in total. The second kappa shape index (κ2) is 8.02. The van der Waals surface area contributed by atoms with E-state index in [1.165, 1.54) is 18.7 Å². The fraction of sp³-hybridized carbons (Fsp3) is 0.500. The average molecular weight is 371 g/mol. The van der Waals surface area contributed by atoms with E-state index in [0.717, 1.165) is 0 Å². The summed E-state index contributed by atoms with van der Waals surface area (Å²) in [4.78, 5) is 24.7. The number of sulfone groups is 1. The zero-order valence-electron chi connectivity index (χ0n) is 13.7. The zero-order valence-corrected chi connectivity index (χ0v) is 15.3. The van der Waals surface area contributed by atoms with E-state index in [1.54, 1.807) is 31.2 Å². The second-order valence-corrected chi connectivity index (χ2v) is 9.15. The van der Waals surface area contributed by atoms with E-state index < -0.39 is 21.9 Å². The van der Waals surface area contributed by atoms with Crippen molar-refractivity contribution in [2.75, 3.05) is 18.1 Å². The van der Waals surface area contributed by atoms with E-state index >= 15 is 0 Å². The number of rotatable bonds is 6. The van der Waals surface area contributed by atoms with Crippen LogP contribution < -0.4 is 5.32 Å². The lowest BCUT2D eigenvalue weighted by Crippen LogP contribution is -2.35. The summed E-state index contributed by atoms with van der Waals surface area (Å²) in [5, 5.41) is 2.53. The molecule has 0 aliphatic carbocycles. The van der Waals surface area contributed by atoms with Gasteiger partial charge < -0.3 is 10.1 Å². The lowest BCUT2D eigenvalue weighted by Gasteiger charge is -2.15. The van der Waals surface area contributed by atoms with Gasteiger partial charge in [-0.3, -0.25) is 4.79 Å². The van der Waals surface area contributed by atoms with Crippen LogP contribution in [-0.4, -0.2) is 49.7 Å². The summed E-state index contributed by atoms with van der Waals surface area (Å²) in [5.74, 6) is -0.627. The van der Waals surface area contributed by atoms with Crippen molar-refractivity contribution in [1.29, 1.82) is 0 Å². The van der Waals surface area contributed by atoms with Gasteiger partial charge in [-0.25, -0.2) is 13.2 Å². The SMILES string of the molecule is CCNC(=O)[C@H](C)OC(=O)c1ccccc1S[C@@H]1CCS(=O)(=O)C1. The quantitative estimate of drug-likeness (QED) is 0.765. The van der Waals surface area contributed by atoms with Gasteiger partial charge >= 0.3 is 5.97 Å². The van der Waals surface area contributed by atoms with Crippen LogP contribution in [0, 0.1) is 0 Å². The molecular weight excluding hydrogens is 350 g/mol. The van der Waals surface area contributed by atoms with Crippen molar-refractivity contribution in [1.82, 2.24) is 5.32 Å². The molecule has 0 unspecified atom stereocenters. The summed E-state index contributed by atoms with van der Waals surface area (Å²) in [5.41, 5.74) is 0.350. The lowest BCUT2D eigenvalue weighted by atomic mass is 10.2. The first-order chi connectivity index (χ1) is 11.3. The first-order valence-electron chi connectivity index (χ1n) is 7.77. The summed E-state index contributed by atoms with van der Waals surface area (Å²) < 4.78 is 28.4. The van der Waals surface area contributed by atoms with Crippen LogP contribution in [0.2, 0.25) is 0 Å². The maximum Gasteiger partial charge on any atom is 0.340 e. The number of carbonyl (C=O) groups excluding carboxylic acids is 2. The molecule has 1 saturated heterocycles. The van der Waals surface area contributed by atoms with Crippen LogP contribution in [0.5, 0.6) is 0 Å². The number of ether oxygens (including phenoxy) is 1. The van der Waals surface area contributed by atoms with Crippen molar-refractivity contribution in [3.63, 3.8) is 0 Å². The molecule has 8 heteroatoms. The first-order valence-corrected chi connectivity index (χ1v) is 10.5. The van der Waals surface area contributed by atoms with E-state index in [9.17, 15) is 18.0 Å². The Morgan fingerprint density at radius 1 is 1.38 bits per heavy atom. The van der Waals surface area contributed by atoms with Gasteiger partial charge in [0.05, 0.1) is 17.1 Å². The van der Waals surface area contributed by atoms with Crippen molar-refractivity contribution >= 4 is 33.5 Å². The Labute approximate surface area is 146 Å². The van der Waals surface area contributed by atoms with Crippen LogP contribution in [0.25, 0.3) is 0 Å². The van der Waals surface area contributed by atoms with Crippen LogP contribution >= 0.6 is 11.8 Å². The molecule has 1 aliphatic rings. The Bertz CT molecular complexity index is 717. The van der Waals surface area contributed by atoms with Gasteiger partial charge in [0.2, 0.25) is 0 Å². The van der Waals surface area contributed by atoms with Gasteiger partial charge in [-0.1, -0.05) is 12.1 Å². The van der Waals surface area contributed by atoms with Gasteiger partial charge in [0.15, 0.2) is 15.9 Å². The minimum atomic E-state index is -2.98. The first kappa shape index (κ1) is 18.8. The second-order valence-electron chi connectivity index (χ2n) is 5.58. The predicted octanol–water partition coefficient (Wildman–Crippen LogP) is 1.65. The van der Waals surface area contributed by atoms with E-state index in [0.29, 0.717) is 23.4 Å². The number of nitrogens with one attached hydrogen (secondary N) is 1. The molecule has 0 bridgehead atoms. The van der Waals surface area contributed by atoms with Crippen LogP contribution in [0.3, 0.4) is 0 Å². The summed E-state index contributed by atoms with van der Waals surface area (Å²) >= 11 is 1.37. The molecule has 1 fully saturated rings. The third-order valence-electron chi connectivity index (χ3n) is 3.60. The molecule has 2 atom stereocenters. The van der Waals surface area contributed by atoms with Gasteiger partial charge in [-0.2, -0.15) is 0 Å². The molecule has 132 valence electrons. The molecule has 1 amide bonds. The van der Waals surface area contributed by atoms with Gasteiger partial charge in [0.25, 0.3) is 5.91 Å². The molecule has 1 heterocycles. The maximum atomic E-state index is 12.4. The molecule has 2 rings (SSSR count). The topological polar surface area (TPSA) is 89.5 Å². The van der Waals surface area contributed by atoms with Crippen molar-refractivity contribution in [3.8, 4) is 0 Å². The number of carbonyl (C=O) groups is 2. The minimum absolute atomic E-state index is 0.0650. The van der Waals surface area contributed by atoms with Crippen molar-refractivity contribution in [2.24, 2.45) is 0 Å². The molecule has 1 aromatic rings. The lowest BCUT2D eigenvalue weighted by molar-refractivity contribution is -0.128. The van der Waals surface area contributed by atoms with Crippen molar-refractivity contribution < 1.29 is 22.7 Å². The van der Waals surface area contributed by atoms with Gasteiger partial charge in [-0.05, 0) is 32.4 Å². The molecule has 1 N–H and O–H groups in total. The van der Waals surface area contributed by atoms with E-state index in [2.05, 4.69) is 5.32 Å². The molecular formula is C16H21NO5S2. The molecule has 1 aliphatic heterocycles. The third kappa shape index (κ3) is 4.98. The van der Waals surface area contributed by atoms with Crippen LogP contribution in [0.1, 0.15) is 30.6 Å². The normalized spacial score (nSPS) is 20.3. The third-order valence-corrected chi connectivity index (χ3v) is 6.92. The zero-order chi connectivity index (χ0) is 17.7. The highest BCUT2D eigenvalue weighted by molar-refractivity contribution is 8.02. The number of hydrogen-bond acceptors (Lipinski definition) is 6. The molecule has 0 saturated carbocycles. The maximum absolute atomic E-state index is 12.4. The molecule has 0 radical (unpaired) electrons. The fourth-order valence-corrected chi connectivity index (χ4v) is 5.98. The molecule has 1 aromatic carbocycles. The number of likely N-dealkylation sites (N-methyl/N-ethyl adjacent to an activating group) is 1. The highest BCUT2D eigenvalue weighted by Crippen LogP contribution is 2.33. The Kier molecular flexibility index (Phi) is 6.28. The highest BCUT2D eigenvalue weighted by Gasteiger charge is 2.30. The summed E-state index contributed by atoms with van der Waals surface area (Å²) in [6.07, 6.45) is -0.312. The molecule has 24 heavy (non-hydrogen) atoms. The fourth-order valence-electron chi connectivity index (χ4n) is 2.37. The van der Waals surface area contributed by atoms with Gasteiger partial charge in [0, 0.05) is 16.7 Å². The Morgan fingerprint density at radius 2 is 2.08 bits per heavy atom. The standard InChI is InChI=1S/C16H21NO5S2/c1-3-17-15(18)11(2)22-16(19)13-6-4-5-7-14(13)23-12-8-9-24(20,21)10-12/h4-7,11-12H,3,8-10H2,1-2H3,(H,17,18)/t11-,12+/m0/s1. The number of benzene rings is 1. The van der Waals surface area contributed by atoms with Gasteiger partial charge in [0.1, 0.15) is 0 Å². The predicted molar refractivity (Wildman–Crippen MR) is 92.9 cm³/mol. The smallest absolute Gasteiger partial charge is 0.340 e. The van der Waals surface area contributed by atoms with Crippen LogP contribution in [-0.2, 0) is 19.4 Å². The van der Waals surface area contributed by atoms with E-state index in [1.807, 2.05) is 0 Å². The number of thioether (sulfide) groups is 1. The Balaban J connectivity index is 2.08. The Hall–Kier alpha value is -1.54. The number of esters is 1. The summed E-state index contributed by atoms with van der Waals surface area (Å²) in [7, 11) is -2.98. The monoisotopic (exact) mass is 371 g/mol. The van der Waals surface area contributed by atoms with Gasteiger partial charge in [-0.15, -0.1) is 11.8 Å². The van der Waals surface area contributed by atoms with E-state index in [4.69, 9.17) is 4.74 Å². The van der Waals surface area contributed by atoms with Crippen molar-refractivity contribution in [3.05, 3.63) is 29.8 Å². The van der Waals surface area contributed by atoms with Crippen LogP contribution in [0.4, 0.5) is 0 Å². The largest absolute Gasteiger partial charge is 0.449 e. The summed E-state index contributed by atoms with van der Waals surface area (Å²) in [6, 6.07) is 6.89. The van der Waals surface area contributed by atoms with Crippen molar-refractivity contribution in [2.45, 2.75) is 36.5 Å². The summed E-state index contributed by atoms with van der Waals surface area (Å²) in [6.45, 7) is 3.76. The molecule has 0 aromatic heterocycles.